The van der Waals surface area contributed by atoms with Gasteiger partial charge in [-0.25, -0.2) is 0 Å². The van der Waals surface area contributed by atoms with Gasteiger partial charge in [-0.2, -0.15) is 0 Å². The van der Waals surface area contributed by atoms with Crippen LogP contribution in [0, 0.1) is 0 Å². The first-order valence-corrected chi connectivity index (χ1v) is 7.28. The van der Waals surface area contributed by atoms with Crippen molar-refractivity contribution in [3.8, 4) is 0 Å². The zero-order valence-electron chi connectivity index (χ0n) is 10.6. The van der Waals surface area contributed by atoms with Gasteiger partial charge in [0.15, 0.2) is 0 Å². The molecule has 0 heterocycles. The molecule has 2 rings (SSSR count). The van der Waals surface area contributed by atoms with E-state index in [1.807, 2.05) is 18.8 Å². The topological polar surface area (TPSA) is 12.0 Å². The second-order valence-corrected chi connectivity index (χ2v) is 5.91. The first-order chi connectivity index (χ1) is 8.29. The molecule has 1 aromatic carbocycles. The number of hydrogen-bond donors (Lipinski definition) is 1. The van der Waals surface area contributed by atoms with Crippen molar-refractivity contribution in [2.75, 3.05) is 7.05 Å². The highest BCUT2D eigenvalue weighted by Crippen LogP contribution is 2.30. The fraction of sp³-hybridized carbons (Fsp3) is 0.467. The van der Waals surface area contributed by atoms with Crippen LogP contribution in [0.1, 0.15) is 37.8 Å². The Hall–Kier alpha value is -0.730. The zero-order valence-corrected chi connectivity index (χ0v) is 11.5. The lowest BCUT2D eigenvalue weighted by Gasteiger charge is -2.16. The third kappa shape index (κ3) is 3.62. The van der Waals surface area contributed by atoms with Crippen molar-refractivity contribution in [2.24, 2.45) is 0 Å². The van der Waals surface area contributed by atoms with Crippen molar-refractivity contribution >= 4 is 11.8 Å². The fourth-order valence-electron chi connectivity index (χ4n) is 2.06. The van der Waals surface area contributed by atoms with E-state index in [-0.39, 0.29) is 0 Å². The summed E-state index contributed by atoms with van der Waals surface area (Å²) in [7, 11) is 2.00. The first-order valence-electron chi connectivity index (χ1n) is 6.40. The van der Waals surface area contributed by atoms with Crippen molar-refractivity contribution in [3.05, 3.63) is 42.0 Å². The van der Waals surface area contributed by atoms with Gasteiger partial charge in [0.1, 0.15) is 0 Å². The van der Waals surface area contributed by atoms with E-state index in [4.69, 9.17) is 0 Å². The maximum absolute atomic E-state index is 3.26. The van der Waals surface area contributed by atoms with Crippen LogP contribution in [-0.4, -0.2) is 12.3 Å². The summed E-state index contributed by atoms with van der Waals surface area (Å²) < 4.78 is 0. The molecule has 0 fully saturated rings. The summed E-state index contributed by atoms with van der Waals surface area (Å²) >= 11 is 1.99. The fourth-order valence-corrected chi connectivity index (χ4v) is 3.17. The van der Waals surface area contributed by atoms with Crippen LogP contribution in [0.4, 0.5) is 0 Å². The molecule has 92 valence electrons. The minimum atomic E-state index is 0.434. The zero-order chi connectivity index (χ0) is 12.1. The first kappa shape index (κ1) is 12.7. The van der Waals surface area contributed by atoms with Gasteiger partial charge in [-0.1, -0.05) is 24.3 Å². The van der Waals surface area contributed by atoms with E-state index in [2.05, 4.69) is 48.7 Å². The molecule has 2 atom stereocenters. The molecule has 0 amide bonds. The van der Waals surface area contributed by atoms with Crippen molar-refractivity contribution in [1.29, 1.82) is 0 Å². The van der Waals surface area contributed by atoms with E-state index in [0.717, 1.165) is 0 Å². The second kappa shape index (κ2) is 6.27. The third-order valence-electron chi connectivity index (χ3n) is 3.31. The molecule has 1 nitrogen and oxygen atoms in total. The van der Waals surface area contributed by atoms with E-state index in [1.165, 1.54) is 29.7 Å². The molecule has 2 heteroatoms. The molecular weight excluding hydrogens is 226 g/mol. The van der Waals surface area contributed by atoms with Gasteiger partial charge >= 0.3 is 0 Å². The molecule has 0 bridgehead atoms. The van der Waals surface area contributed by atoms with E-state index in [0.29, 0.717) is 11.3 Å². The minimum Gasteiger partial charge on any atom is -0.313 e. The lowest BCUT2D eigenvalue weighted by Crippen LogP contribution is -2.11. The van der Waals surface area contributed by atoms with Crippen molar-refractivity contribution in [3.63, 3.8) is 0 Å². The summed E-state index contributed by atoms with van der Waals surface area (Å²) in [5, 5.41) is 3.94. The van der Waals surface area contributed by atoms with Gasteiger partial charge in [-0.3, -0.25) is 0 Å². The van der Waals surface area contributed by atoms with E-state index >= 15 is 0 Å². The van der Waals surface area contributed by atoms with Crippen LogP contribution in [0.3, 0.4) is 0 Å². The highest BCUT2D eigenvalue weighted by molar-refractivity contribution is 8.00. The number of allylic oxidation sites excluding steroid dienone is 1. The number of thioether (sulfide) groups is 1. The van der Waals surface area contributed by atoms with Crippen LogP contribution in [0.25, 0.3) is 0 Å². The van der Waals surface area contributed by atoms with Crippen molar-refractivity contribution in [1.82, 2.24) is 5.32 Å². The smallest absolute Gasteiger partial charge is 0.0289 e. The monoisotopic (exact) mass is 247 g/mol. The summed E-state index contributed by atoms with van der Waals surface area (Å²) in [5.74, 6) is 0. The summed E-state index contributed by atoms with van der Waals surface area (Å²) in [6.07, 6.45) is 8.59. The second-order valence-electron chi connectivity index (χ2n) is 4.59. The van der Waals surface area contributed by atoms with Crippen LogP contribution >= 0.6 is 11.8 Å². The largest absolute Gasteiger partial charge is 0.313 e. The van der Waals surface area contributed by atoms with Gasteiger partial charge in [-0.15, -0.1) is 11.8 Å². The van der Waals surface area contributed by atoms with Crippen LogP contribution in [0.2, 0.25) is 0 Å². The molecule has 0 aromatic heterocycles. The van der Waals surface area contributed by atoms with Crippen molar-refractivity contribution in [2.45, 2.75) is 42.4 Å². The number of benzene rings is 1. The summed E-state index contributed by atoms with van der Waals surface area (Å²) in [6, 6.07) is 9.39. The predicted molar refractivity (Wildman–Crippen MR) is 76.6 cm³/mol. The number of hydrogen-bond acceptors (Lipinski definition) is 2. The summed E-state index contributed by atoms with van der Waals surface area (Å²) in [5.41, 5.74) is 1.36. The van der Waals surface area contributed by atoms with Gasteiger partial charge in [0, 0.05) is 16.2 Å². The predicted octanol–water partition coefficient (Wildman–Crippen LogP) is 4.17. The van der Waals surface area contributed by atoms with Crippen LogP contribution < -0.4 is 5.32 Å². The van der Waals surface area contributed by atoms with Crippen molar-refractivity contribution < 1.29 is 0 Å². The lowest BCUT2D eigenvalue weighted by atomic mass is 10.1. The Morgan fingerprint density at radius 2 is 2.06 bits per heavy atom. The Morgan fingerprint density at radius 3 is 2.65 bits per heavy atom. The maximum atomic E-state index is 3.26. The van der Waals surface area contributed by atoms with E-state index in [9.17, 15) is 0 Å². The number of nitrogens with one attached hydrogen (secondary N) is 1. The Morgan fingerprint density at radius 1 is 1.29 bits per heavy atom. The Balaban J connectivity index is 1.97. The standard InChI is InChI=1S/C15H21NS/c1-12(16-2)13-8-10-15(11-9-13)17-14-6-4-3-5-7-14/h4,6,8-12,14,16H,3,5,7H2,1-2H3. The molecular formula is C15H21NS. The van der Waals surface area contributed by atoms with Crippen LogP contribution in [-0.2, 0) is 0 Å². The molecule has 1 aliphatic rings. The minimum absolute atomic E-state index is 0.434. The van der Waals surface area contributed by atoms with E-state index in [1.54, 1.807) is 0 Å². The molecule has 0 radical (unpaired) electrons. The summed E-state index contributed by atoms with van der Waals surface area (Å²) in [4.78, 5) is 1.38. The Bertz CT molecular complexity index is 369. The van der Waals surface area contributed by atoms with Gasteiger partial charge in [0.05, 0.1) is 0 Å². The normalized spacial score (nSPS) is 21.4. The molecule has 0 spiro atoms. The van der Waals surface area contributed by atoms with Gasteiger partial charge in [-0.05, 0) is 50.9 Å². The van der Waals surface area contributed by atoms with E-state index < -0.39 is 0 Å². The molecule has 0 saturated carbocycles. The average Bonchev–Trinajstić information content (AvgIpc) is 2.40. The highest BCUT2D eigenvalue weighted by Gasteiger charge is 2.10. The quantitative estimate of drug-likeness (QED) is 0.802. The third-order valence-corrected chi connectivity index (χ3v) is 4.55. The summed E-state index contributed by atoms with van der Waals surface area (Å²) in [6.45, 7) is 2.19. The molecule has 2 unspecified atom stereocenters. The Kier molecular flexibility index (Phi) is 4.69. The SMILES string of the molecule is CNC(C)c1ccc(SC2C=CCCC2)cc1. The number of rotatable bonds is 4. The van der Waals surface area contributed by atoms with Gasteiger partial charge in [0.25, 0.3) is 0 Å². The lowest BCUT2D eigenvalue weighted by molar-refractivity contribution is 0.652. The molecule has 1 N–H and O–H groups in total. The Labute approximate surface area is 109 Å². The highest BCUT2D eigenvalue weighted by atomic mass is 32.2. The molecule has 0 aliphatic heterocycles. The van der Waals surface area contributed by atoms with Gasteiger partial charge < -0.3 is 5.32 Å². The van der Waals surface area contributed by atoms with Gasteiger partial charge in [0.2, 0.25) is 0 Å². The molecule has 1 aliphatic carbocycles. The average molecular weight is 247 g/mol. The maximum Gasteiger partial charge on any atom is 0.0289 e. The van der Waals surface area contributed by atoms with Crippen LogP contribution in [0.15, 0.2) is 41.3 Å². The van der Waals surface area contributed by atoms with Crippen LogP contribution in [0.5, 0.6) is 0 Å². The molecule has 17 heavy (non-hydrogen) atoms. The molecule has 1 aromatic rings. The molecule has 0 saturated heterocycles.